The fourth-order valence-corrected chi connectivity index (χ4v) is 2.60. The second-order valence-electron chi connectivity index (χ2n) is 5.77. The molecule has 2 atom stereocenters. The van der Waals surface area contributed by atoms with Gasteiger partial charge in [-0.05, 0) is 30.7 Å². The summed E-state index contributed by atoms with van der Waals surface area (Å²) < 4.78 is 9.84. The van der Waals surface area contributed by atoms with E-state index in [1.165, 1.54) is 13.4 Å². The Morgan fingerprint density at radius 1 is 1.12 bits per heavy atom. The molecule has 0 saturated heterocycles. The van der Waals surface area contributed by atoms with Gasteiger partial charge in [-0.25, -0.2) is 4.79 Å². The number of para-hydroxylation sites is 1. The van der Waals surface area contributed by atoms with Crippen molar-refractivity contribution >= 4 is 23.5 Å². The van der Waals surface area contributed by atoms with Gasteiger partial charge in [-0.3, -0.25) is 9.59 Å². The average molecular weight is 342 g/mol. The number of hydrogen-bond acceptors (Lipinski definition) is 5. The van der Waals surface area contributed by atoms with Gasteiger partial charge in [0.2, 0.25) is 11.8 Å². The highest BCUT2D eigenvalue weighted by atomic mass is 16.5. The zero-order valence-corrected chi connectivity index (χ0v) is 13.7. The van der Waals surface area contributed by atoms with Crippen molar-refractivity contribution in [2.24, 2.45) is 11.8 Å². The largest absolute Gasteiger partial charge is 0.467 e. The minimum absolute atomic E-state index is 0.183. The van der Waals surface area contributed by atoms with Gasteiger partial charge >= 0.3 is 5.97 Å². The maximum atomic E-state index is 12.3. The SMILES string of the molecule is COC(=O)c1ccccc1NC(=O)C1CC1C(=O)NCc1ccco1. The maximum absolute atomic E-state index is 12.3. The number of hydrogen-bond donors (Lipinski definition) is 2. The molecule has 1 aliphatic carbocycles. The van der Waals surface area contributed by atoms with E-state index in [2.05, 4.69) is 10.6 Å². The van der Waals surface area contributed by atoms with Gasteiger partial charge in [0.25, 0.3) is 0 Å². The number of carbonyl (C=O) groups excluding carboxylic acids is 3. The van der Waals surface area contributed by atoms with E-state index >= 15 is 0 Å². The van der Waals surface area contributed by atoms with E-state index in [4.69, 9.17) is 9.15 Å². The Kier molecular flexibility index (Phi) is 4.83. The monoisotopic (exact) mass is 342 g/mol. The molecule has 0 radical (unpaired) electrons. The predicted octanol–water partition coefficient (Wildman–Crippen LogP) is 1.96. The van der Waals surface area contributed by atoms with Crippen molar-refractivity contribution in [2.75, 3.05) is 12.4 Å². The smallest absolute Gasteiger partial charge is 0.339 e. The minimum atomic E-state index is -0.528. The van der Waals surface area contributed by atoms with Gasteiger partial charge in [0.05, 0.1) is 43.0 Å². The number of esters is 1. The molecule has 1 aliphatic rings. The maximum Gasteiger partial charge on any atom is 0.339 e. The van der Waals surface area contributed by atoms with Crippen LogP contribution in [0.1, 0.15) is 22.5 Å². The number of ether oxygens (including phenoxy) is 1. The summed E-state index contributed by atoms with van der Waals surface area (Å²) in [6.07, 6.45) is 2.02. The predicted molar refractivity (Wildman–Crippen MR) is 88.6 cm³/mol. The molecule has 2 amide bonds. The van der Waals surface area contributed by atoms with Crippen molar-refractivity contribution in [1.82, 2.24) is 5.32 Å². The van der Waals surface area contributed by atoms with E-state index in [1.807, 2.05) is 0 Å². The van der Waals surface area contributed by atoms with Crippen LogP contribution in [0.3, 0.4) is 0 Å². The van der Waals surface area contributed by atoms with E-state index in [0.29, 0.717) is 24.4 Å². The van der Waals surface area contributed by atoms with Crippen molar-refractivity contribution in [2.45, 2.75) is 13.0 Å². The Labute approximate surface area is 144 Å². The van der Waals surface area contributed by atoms with Crippen LogP contribution in [0, 0.1) is 11.8 Å². The van der Waals surface area contributed by atoms with E-state index in [-0.39, 0.29) is 23.3 Å². The molecule has 1 fully saturated rings. The number of nitrogens with one attached hydrogen (secondary N) is 2. The number of benzene rings is 1. The number of furan rings is 1. The van der Waals surface area contributed by atoms with Crippen LogP contribution in [-0.4, -0.2) is 24.9 Å². The molecular formula is C18H18N2O5. The fourth-order valence-electron chi connectivity index (χ4n) is 2.60. The summed E-state index contributed by atoms with van der Waals surface area (Å²) in [5.74, 6) is -1.10. The van der Waals surface area contributed by atoms with Gasteiger partial charge in [0.15, 0.2) is 0 Å². The Balaban J connectivity index is 1.55. The highest BCUT2D eigenvalue weighted by Gasteiger charge is 2.48. The molecule has 7 nitrogen and oxygen atoms in total. The molecule has 2 N–H and O–H groups in total. The zero-order valence-electron chi connectivity index (χ0n) is 13.7. The Bertz CT molecular complexity index is 785. The molecule has 1 aromatic heterocycles. The number of methoxy groups -OCH3 is 1. The summed E-state index contributed by atoms with van der Waals surface area (Å²) in [5.41, 5.74) is 0.652. The summed E-state index contributed by atoms with van der Waals surface area (Å²) in [4.78, 5) is 36.1. The third kappa shape index (κ3) is 3.88. The van der Waals surface area contributed by atoms with Gasteiger partial charge in [0, 0.05) is 0 Å². The Morgan fingerprint density at radius 3 is 2.60 bits per heavy atom. The minimum Gasteiger partial charge on any atom is -0.467 e. The molecule has 7 heteroatoms. The van der Waals surface area contributed by atoms with Crippen LogP contribution in [0.2, 0.25) is 0 Å². The molecule has 2 unspecified atom stereocenters. The third-order valence-corrected chi connectivity index (χ3v) is 4.07. The van der Waals surface area contributed by atoms with E-state index in [1.54, 1.807) is 36.4 Å². The zero-order chi connectivity index (χ0) is 17.8. The van der Waals surface area contributed by atoms with Crippen LogP contribution in [0.15, 0.2) is 47.1 Å². The van der Waals surface area contributed by atoms with Gasteiger partial charge in [0.1, 0.15) is 5.76 Å². The molecule has 1 aromatic carbocycles. The van der Waals surface area contributed by atoms with E-state index < -0.39 is 11.9 Å². The van der Waals surface area contributed by atoms with Crippen molar-refractivity contribution in [3.8, 4) is 0 Å². The average Bonchev–Trinajstić information content (AvgIpc) is 3.27. The molecule has 2 aromatic rings. The summed E-state index contributed by atoms with van der Waals surface area (Å²) in [5, 5.41) is 5.45. The lowest BCUT2D eigenvalue weighted by Crippen LogP contribution is -2.27. The van der Waals surface area contributed by atoms with E-state index in [0.717, 1.165) is 0 Å². The number of rotatable bonds is 6. The number of carbonyl (C=O) groups is 3. The number of anilines is 1. The topological polar surface area (TPSA) is 97.6 Å². The fraction of sp³-hybridized carbons (Fsp3) is 0.278. The van der Waals surface area contributed by atoms with Gasteiger partial charge in [-0.15, -0.1) is 0 Å². The summed E-state index contributed by atoms with van der Waals surface area (Å²) in [6.45, 7) is 0.293. The standard InChI is InChI=1S/C18H18N2O5/c1-24-18(23)12-6-2-3-7-15(12)20-17(22)14-9-13(14)16(21)19-10-11-5-4-8-25-11/h2-8,13-14H,9-10H2,1H3,(H,19,21)(H,20,22). The Morgan fingerprint density at radius 2 is 1.88 bits per heavy atom. The van der Waals surface area contributed by atoms with Crippen molar-refractivity contribution in [3.63, 3.8) is 0 Å². The normalized spacial score (nSPS) is 18.3. The molecule has 0 bridgehead atoms. The molecule has 0 spiro atoms. The molecule has 3 rings (SSSR count). The Hall–Kier alpha value is -3.09. The second kappa shape index (κ2) is 7.21. The van der Waals surface area contributed by atoms with Crippen LogP contribution in [0.5, 0.6) is 0 Å². The number of amides is 2. The van der Waals surface area contributed by atoms with Crippen molar-refractivity contribution in [3.05, 3.63) is 54.0 Å². The van der Waals surface area contributed by atoms with E-state index in [9.17, 15) is 14.4 Å². The highest BCUT2D eigenvalue weighted by Crippen LogP contribution is 2.39. The quantitative estimate of drug-likeness (QED) is 0.782. The van der Waals surface area contributed by atoms with Crippen LogP contribution >= 0.6 is 0 Å². The first-order valence-corrected chi connectivity index (χ1v) is 7.88. The van der Waals surface area contributed by atoms with Gasteiger partial charge in [-0.2, -0.15) is 0 Å². The first kappa shape index (κ1) is 16.8. The summed E-state index contributed by atoms with van der Waals surface area (Å²) in [6, 6.07) is 10.1. The van der Waals surface area contributed by atoms with Crippen LogP contribution in [0.25, 0.3) is 0 Å². The van der Waals surface area contributed by atoms with Crippen LogP contribution in [0.4, 0.5) is 5.69 Å². The first-order chi connectivity index (χ1) is 12.1. The molecule has 130 valence electrons. The summed E-state index contributed by atoms with van der Waals surface area (Å²) in [7, 11) is 1.28. The van der Waals surface area contributed by atoms with Crippen molar-refractivity contribution in [1.29, 1.82) is 0 Å². The summed E-state index contributed by atoms with van der Waals surface area (Å²) >= 11 is 0. The molecule has 0 aliphatic heterocycles. The highest BCUT2D eigenvalue weighted by molar-refractivity contribution is 6.04. The van der Waals surface area contributed by atoms with Crippen molar-refractivity contribution < 1.29 is 23.5 Å². The lowest BCUT2D eigenvalue weighted by atomic mass is 10.1. The van der Waals surface area contributed by atoms with Gasteiger partial charge < -0.3 is 19.8 Å². The lowest BCUT2D eigenvalue weighted by Gasteiger charge is -2.09. The molecule has 1 saturated carbocycles. The first-order valence-electron chi connectivity index (χ1n) is 7.88. The molecular weight excluding hydrogens is 324 g/mol. The van der Waals surface area contributed by atoms with Crippen LogP contribution in [-0.2, 0) is 20.9 Å². The van der Waals surface area contributed by atoms with Crippen LogP contribution < -0.4 is 10.6 Å². The van der Waals surface area contributed by atoms with Gasteiger partial charge in [-0.1, -0.05) is 12.1 Å². The lowest BCUT2D eigenvalue weighted by molar-refractivity contribution is -0.125. The third-order valence-electron chi connectivity index (χ3n) is 4.07. The molecule has 25 heavy (non-hydrogen) atoms. The second-order valence-corrected chi connectivity index (χ2v) is 5.77. The molecule has 1 heterocycles.